The number of halogens is 1. The third kappa shape index (κ3) is 5.34. The molecule has 1 aromatic heterocycles. The Labute approximate surface area is 176 Å². The normalized spacial score (nSPS) is 10.6. The van der Waals surface area contributed by atoms with Gasteiger partial charge < -0.3 is 15.4 Å². The fourth-order valence-electron chi connectivity index (χ4n) is 2.83. The van der Waals surface area contributed by atoms with E-state index in [0.29, 0.717) is 15.6 Å². The van der Waals surface area contributed by atoms with Gasteiger partial charge in [0.25, 0.3) is 11.8 Å². The Morgan fingerprint density at radius 3 is 2.45 bits per heavy atom. The molecule has 0 atom stereocenters. The van der Waals surface area contributed by atoms with E-state index in [-0.39, 0.29) is 6.54 Å². The minimum atomic E-state index is -0.717. The number of thiophene rings is 1. The molecule has 0 spiro atoms. The molecule has 0 aliphatic rings. The molecule has 2 N–H and O–H groups in total. The molecule has 0 aliphatic carbocycles. The van der Waals surface area contributed by atoms with Crippen molar-refractivity contribution in [3.63, 3.8) is 0 Å². The van der Waals surface area contributed by atoms with E-state index >= 15 is 0 Å². The molecule has 1 heterocycles. The Hall–Kier alpha value is -2.90. The fourth-order valence-corrected chi connectivity index (χ4v) is 4.27. The molecule has 0 bridgehead atoms. The second-order valence-electron chi connectivity index (χ2n) is 6.51. The Morgan fingerprint density at radius 2 is 1.76 bits per heavy atom. The van der Waals surface area contributed by atoms with E-state index in [9.17, 15) is 14.4 Å². The van der Waals surface area contributed by atoms with Crippen molar-refractivity contribution in [1.29, 1.82) is 0 Å². The number of esters is 1. The van der Waals surface area contributed by atoms with Crippen LogP contribution in [0.1, 0.15) is 20.8 Å². The molecule has 0 radical (unpaired) electrons. The highest BCUT2D eigenvalue weighted by Crippen LogP contribution is 2.34. The zero-order valence-electron chi connectivity index (χ0n) is 15.9. The van der Waals surface area contributed by atoms with E-state index in [1.54, 1.807) is 0 Å². The SMILES string of the molecule is Cc1cc(C)cc(NC(=O)COC(=O)CNC(=O)c2sc3ccccc3c2Cl)c1. The van der Waals surface area contributed by atoms with Gasteiger partial charge in [0.15, 0.2) is 6.61 Å². The molecule has 29 heavy (non-hydrogen) atoms. The lowest BCUT2D eigenvalue weighted by atomic mass is 10.1. The van der Waals surface area contributed by atoms with Gasteiger partial charge in [-0.25, -0.2) is 0 Å². The number of nitrogens with one attached hydrogen (secondary N) is 2. The molecule has 0 fully saturated rings. The van der Waals surface area contributed by atoms with Gasteiger partial charge in [-0.1, -0.05) is 35.9 Å². The number of benzene rings is 2. The number of carbonyl (C=O) groups is 3. The van der Waals surface area contributed by atoms with Gasteiger partial charge in [0.05, 0.1) is 5.02 Å². The van der Waals surface area contributed by atoms with Crippen molar-refractivity contribution in [1.82, 2.24) is 5.32 Å². The van der Waals surface area contributed by atoms with Gasteiger partial charge in [-0.15, -0.1) is 11.3 Å². The number of carbonyl (C=O) groups excluding carboxylic acids is 3. The van der Waals surface area contributed by atoms with Gasteiger partial charge in [-0.05, 0) is 43.2 Å². The van der Waals surface area contributed by atoms with Crippen LogP contribution >= 0.6 is 22.9 Å². The van der Waals surface area contributed by atoms with Crippen LogP contribution in [-0.2, 0) is 14.3 Å². The number of anilines is 1. The number of rotatable bonds is 6. The first-order valence-corrected chi connectivity index (χ1v) is 10.0. The predicted octanol–water partition coefficient (Wildman–Crippen LogP) is 4.08. The first kappa shape index (κ1) is 20.8. The summed E-state index contributed by atoms with van der Waals surface area (Å²) in [5.74, 6) is -1.64. The monoisotopic (exact) mass is 430 g/mol. The van der Waals surface area contributed by atoms with E-state index in [1.165, 1.54) is 11.3 Å². The average molecular weight is 431 g/mol. The molecule has 0 aliphatic heterocycles. The van der Waals surface area contributed by atoms with Crippen molar-refractivity contribution in [2.24, 2.45) is 0 Å². The van der Waals surface area contributed by atoms with Crippen molar-refractivity contribution in [2.75, 3.05) is 18.5 Å². The minimum Gasteiger partial charge on any atom is -0.454 e. The molecule has 2 amide bonds. The fraction of sp³-hybridized carbons (Fsp3) is 0.190. The molecule has 3 rings (SSSR count). The second kappa shape index (κ2) is 9.07. The van der Waals surface area contributed by atoms with Crippen molar-refractivity contribution in [3.8, 4) is 0 Å². The van der Waals surface area contributed by atoms with Crippen LogP contribution in [-0.4, -0.2) is 30.9 Å². The Morgan fingerprint density at radius 1 is 1.07 bits per heavy atom. The lowest BCUT2D eigenvalue weighted by Gasteiger charge is -2.09. The first-order valence-electron chi connectivity index (χ1n) is 8.82. The van der Waals surface area contributed by atoms with Gasteiger partial charge in [0.2, 0.25) is 0 Å². The predicted molar refractivity (Wildman–Crippen MR) is 115 cm³/mol. The van der Waals surface area contributed by atoms with Crippen LogP contribution in [0, 0.1) is 13.8 Å². The van der Waals surface area contributed by atoms with E-state index in [2.05, 4.69) is 10.6 Å². The van der Waals surface area contributed by atoms with E-state index in [0.717, 1.165) is 21.2 Å². The van der Waals surface area contributed by atoms with E-state index in [4.69, 9.17) is 16.3 Å². The molecular formula is C21H19ClN2O4S. The van der Waals surface area contributed by atoms with Gasteiger partial charge in [0.1, 0.15) is 11.4 Å². The zero-order chi connectivity index (χ0) is 21.0. The van der Waals surface area contributed by atoms with Crippen LogP contribution in [0.5, 0.6) is 0 Å². The summed E-state index contributed by atoms with van der Waals surface area (Å²) in [7, 11) is 0. The number of ether oxygens (including phenoxy) is 1. The van der Waals surface area contributed by atoms with Crippen molar-refractivity contribution in [3.05, 3.63) is 63.5 Å². The quantitative estimate of drug-likeness (QED) is 0.577. The van der Waals surface area contributed by atoms with Crippen LogP contribution in [0.2, 0.25) is 5.02 Å². The van der Waals surface area contributed by atoms with Crippen LogP contribution in [0.4, 0.5) is 5.69 Å². The molecule has 0 saturated heterocycles. The smallest absolute Gasteiger partial charge is 0.325 e. The highest BCUT2D eigenvalue weighted by atomic mass is 35.5. The molecular weight excluding hydrogens is 412 g/mol. The number of hydrogen-bond donors (Lipinski definition) is 2. The van der Waals surface area contributed by atoms with Crippen LogP contribution in [0.3, 0.4) is 0 Å². The molecule has 2 aromatic carbocycles. The number of amides is 2. The van der Waals surface area contributed by atoms with Gasteiger partial charge in [0, 0.05) is 15.8 Å². The molecule has 8 heteroatoms. The summed E-state index contributed by atoms with van der Waals surface area (Å²) >= 11 is 7.49. The lowest BCUT2D eigenvalue weighted by molar-refractivity contribution is -0.146. The first-order chi connectivity index (χ1) is 13.8. The maximum atomic E-state index is 12.3. The van der Waals surface area contributed by atoms with Crippen LogP contribution in [0.25, 0.3) is 10.1 Å². The molecule has 0 saturated carbocycles. The minimum absolute atomic E-state index is 0.327. The maximum Gasteiger partial charge on any atom is 0.325 e. The van der Waals surface area contributed by atoms with Gasteiger partial charge in [-0.2, -0.15) is 0 Å². The van der Waals surface area contributed by atoms with E-state index < -0.39 is 24.4 Å². The van der Waals surface area contributed by atoms with Crippen molar-refractivity contribution < 1.29 is 19.1 Å². The molecule has 6 nitrogen and oxygen atoms in total. The lowest BCUT2D eigenvalue weighted by Crippen LogP contribution is -2.32. The third-order valence-electron chi connectivity index (χ3n) is 4.00. The summed E-state index contributed by atoms with van der Waals surface area (Å²) in [5, 5.41) is 6.28. The van der Waals surface area contributed by atoms with Gasteiger partial charge >= 0.3 is 5.97 Å². The molecule has 3 aromatic rings. The summed E-state index contributed by atoms with van der Waals surface area (Å²) in [5.41, 5.74) is 2.66. The van der Waals surface area contributed by atoms with Crippen LogP contribution in [0.15, 0.2) is 42.5 Å². The Balaban J connectivity index is 1.48. The summed E-state index contributed by atoms with van der Waals surface area (Å²) in [6.45, 7) is 3.05. The summed E-state index contributed by atoms with van der Waals surface area (Å²) in [6.07, 6.45) is 0. The molecule has 0 unspecified atom stereocenters. The zero-order valence-corrected chi connectivity index (χ0v) is 17.4. The third-order valence-corrected chi connectivity index (χ3v) is 5.68. The highest BCUT2D eigenvalue weighted by molar-refractivity contribution is 7.21. The number of fused-ring (bicyclic) bond motifs is 1. The summed E-state index contributed by atoms with van der Waals surface area (Å²) in [6, 6.07) is 13.0. The second-order valence-corrected chi connectivity index (χ2v) is 7.94. The van der Waals surface area contributed by atoms with E-state index in [1.807, 2.05) is 56.3 Å². The maximum absolute atomic E-state index is 12.3. The topological polar surface area (TPSA) is 84.5 Å². The van der Waals surface area contributed by atoms with Crippen molar-refractivity contribution >= 4 is 56.5 Å². The van der Waals surface area contributed by atoms with Gasteiger partial charge in [-0.3, -0.25) is 14.4 Å². The Bertz CT molecular complexity index is 1070. The largest absolute Gasteiger partial charge is 0.454 e. The van der Waals surface area contributed by atoms with Crippen LogP contribution < -0.4 is 10.6 Å². The number of hydrogen-bond acceptors (Lipinski definition) is 5. The average Bonchev–Trinajstić information content (AvgIpc) is 3.01. The Kier molecular flexibility index (Phi) is 6.51. The number of aryl methyl sites for hydroxylation is 2. The standard InChI is InChI=1S/C21H19ClN2O4S/c1-12-7-13(2)9-14(8-12)24-17(25)11-28-18(26)10-23-21(27)20-19(22)15-5-3-4-6-16(15)29-20/h3-9H,10-11H2,1-2H3,(H,23,27)(H,24,25). The van der Waals surface area contributed by atoms with Crippen molar-refractivity contribution in [2.45, 2.75) is 13.8 Å². The highest BCUT2D eigenvalue weighted by Gasteiger charge is 2.18. The molecule has 150 valence electrons. The summed E-state index contributed by atoms with van der Waals surface area (Å²) < 4.78 is 5.80. The summed E-state index contributed by atoms with van der Waals surface area (Å²) in [4.78, 5) is 36.4.